The number of hydrogen-bond donors (Lipinski definition) is 2. The summed E-state index contributed by atoms with van der Waals surface area (Å²) in [6.45, 7) is 1.93. The van der Waals surface area contributed by atoms with Crippen molar-refractivity contribution in [2.75, 3.05) is 18.8 Å². The van der Waals surface area contributed by atoms with Gasteiger partial charge in [0.05, 0.1) is 0 Å². The summed E-state index contributed by atoms with van der Waals surface area (Å²) in [6.07, 6.45) is 1.65. The van der Waals surface area contributed by atoms with Gasteiger partial charge in [0.25, 0.3) is 0 Å². The number of amides is 1. The Balaban J connectivity index is 1.63. The molecule has 0 spiro atoms. The van der Waals surface area contributed by atoms with Crippen LogP contribution in [0.5, 0.6) is 0 Å². The number of carbonyl (C=O) groups excluding carboxylic acids is 1. The molecule has 4 heteroatoms. The zero-order chi connectivity index (χ0) is 11.9. The van der Waals surface area contributed by atoms with Crippen molar-refractivity contribution in [3.63, 3.8) is 0 Å². The predicted octanol–water partition coefficient (Wildman–Crippen LogP) is 1.65. The molecule has 17 heavy (non-hydrogen) atoms. The van der Waals surface area contributed by atoms with Crippen LogP contribution in [0.4, 0.5) is 0 Å². The molecule has 1 aromatic carbocycles. The van der Waals surface area contributed by atoms with Gasteiger partial charge in [0.1, 0.15) is 0 Å². The number of thioether (sulfide) groups is 1. The van der Waals surface area contributed by atoms with E-state index in [9.17, 15) is 4.79 Å². The Morgan fingerprint density at radius 3 is 2.94 bits per heavy atom. The second-order valence-corrected chi connectivity index (χ2v) is 5.34. The Morgan fingerprint density at radius 1 is 1.41 bits per heavy atom. The van der Waals surface area contributed by atoms with Crippen molar-refractivity contribution in [2.45, 2.75) is 23.8 Å². The molecule has 2 rings (SSSR count). The van der Waals surface area contributed by atoms with Gasteiger partial charge in [0, 0.05) is 29.7 Å². The van der Waals surface area contributed by atoms with Crippen molar-refractivity contribution in [3.8, 4) is 0 Å². The van der Waals surface area contributed by atoms with Crippen LogP contribution in [0.3, 0.4) is 0 Å². The van der Waals surface area contributed by atoms with Gasteiger partial charge in [-0.25, -0.2) is 0 Å². The average molecular weight is 250 g/mol. The first-order valence-corrected chi connectivity index (χ1v) is 7.01. The minimum Gasteiger partial charge on any atom is -0.352 e. The van der Waals surface area contributed by atoms with Gasteiger partial charge >= 0.3 is 0 Å². The minimum atomic E-state index is 0.169. The highest BCUT2D eigenvalue weighted by molar-refractivity contribution is 7.99. The lowest BCUT2D eigenvalue weighted by molar-refractivity contribution is -0.121. The molecule has 1 saturated heterocycles. The molecule has 0 aliphatic carbocycles. The topological polar surface area (TPSA) is 41.1 Å². The normalized spacial score (nSPS) is 19.2. The number of benzene rings is 1. The summed E-state index contributed by atoms with van der Waals surface area (Å²) in [7, 11) is 0. The Bertz CT molecular complexity index is 350. The van der Waals surface area contributed by atoms with Crippen molar-refractivity contribution in [3.05, 3.63) is 30.3 Å². The minimum absolute atomic E-state index is 0.169. The van der Waals surface area contributed by atoms with E-state index in [0.717, 1.165) is 25.3 Å². The van der Waals surface area contributed by atoms with E-state index in [0.29, 0.717) is 12.5 Å². The molecule has 0 bridgehead atoms. The molecule has 1 aliphatic rings. The molecule has 1 aromatic rings. The first-order valence-electron chi connectivity index (χ1n) is 6.02. The van der Waals surface area contributed by atoms with Crippen LogP contribution in [0, 0.1) is 0 Å². The zero-order valence-electron chi connectivity index (χ0n) is 9.82. The van der Waals surface area contributed by atoms with Crippen LogP contribution in [0.25, 0.3) is 0 Å². The van der Waals surface area contributed by atoms with Gasteiger partial charge in [-0.05, 0) is 25.1 Å². The van der Waals surface area contributed by atoms with Crippen molar-refractivity contribution in [1.29, 1.82) is 0 Å². The van der Waals surface area contributed by atoms with Gasteiger partial charge in [-0.3, -0.25) is 4.79 Å². The molecule has 0 saturated carbocycles. The van der Waals surface area contributed by atoms with E-state index in [1.165, 1.54) is 4.90 Å². The molecule has 1 amide bonds. The summed E-state index contributed by atoms with van der Waals surface area (Å²) in [5.74, 6) is 1.01. The average Bonchev–Trinajstić information content (AvgIpc) is 2.83. The summed E-state index contributed by atoms with van der Waals surface area (Å²) in [4.78, 5) is 12.9. The van der Waals surface area contributed by atoms with E-state index in [-0.39, 0.29) is 5.91 Å². The Kier molecular flexibility index (Phi) is 4.88. The standard InChI is InChI=1S/C13H18N2OS/c16-13(15-11-6-8-14-10-11)7-9-17-12-4-2-1-3-5-12/h1-5,11,14H,6-10H2,(H,15,16). The summed E-state index contributed by atoms with van der Waals surface area (Å²) in [6, 6.07) is 10.5. The molecule has 1 unspecified atom stereocenters. The molecular weight excluding hydrogens is 232 g/mol. The van der Waals surface area contributed by atoms with E-state index in [1.54, 1.807) is 11.8 Å². The third-order valence-corrected chi connectivity index (χ3v) is 3.78. The maximum Gasteiger partial charge on any atom is 0.221 e. The van der Waals surface area contributed by atoms with E-state index >= 15 is 0 Å². The summed E-state index contributed by atoms with van der Waals surface area (Å²) in [5.41, 5.74) is 0. The smallest absolute Gasteiger partial charge is 0.221 e. The fourth-order valence-electron chi connectivity index (χ4n) is 1.86. The quantitative estimate of drug-likeness (QED) is 0.781. The van der Waals surface area contributed by atoms with Gasteiger partial charge in [0.2, 0.25) is 5.91 Å². The second kappa shape index (κ2) is 6.67. The lowest BCUT2D eigenvalue weighted by Gasteiger charge is -2.10. The van der Waals surface area contributed by atoms with Crippen LogP contribution in [0.15, 0.2) is 35.2 Å². The molecule has 1 fully saturated rings. The molecule has 0 aromatic heterocycles. The zero-order valence-corrected chi connectivity index (χ0v) is 10.6. The van der Waals surface area contributed by atoms with Crippen LogP contribution < -0.4 is 10.6 Å². The van der Waals surface area contributed by atoms with E-state index in [1.807, 2.05) is 18.2 Å². The van der Waals surface area contributed by atoms with Crippen LogP contribution in [0.2, 0.25) is 0 Å². The summed E-state index contributed by atoms with van der Waals surface area (Å²) in [5, 5.41) is 6.29. The van der Waals surface area contributed by atoms with Crippen LogP contribution >= 0.6 is 11.8 Å². The predicted molar refractivity (Wildman–Crippen MR) is 71.2 cm³/mol. The van der Waals surface area contributed by atoms with Gasteiger partial charge in [-0.1, -0.05) is 18.2 Å². The Labute approximate surface area is 106 Å². The van der Waals surface area contributed by atoms with Gasteiger partial charge in [0.15, 0.2) is 0 Å². The van der Waals surface area contributed by atoms with Gasteiger partial charge < -0.3 is 10.6 Å². The molecule has 3 nitrogen and oxygen atoms in total. The molecule has 2 N–H and O–H groups in total. The first kappa shape index (κ1) is 12.5. The molecule has 1 atom stereocenters. The molecule has 1 heterocycles. The number of carbonyl (C=O) groups is 1. The van der Waals surface area contributed by atoms with Crippen LogP contribution in [-0.2, 0) is 4.79 Å². The van der Waals surface area contributed by atoms with Gasteiger partial charge in [-0.15, -0.1) is 11.8 Å². The maximum absolute atomic E-state index is 11.6. The van der Waals surface area contributed by atoms with E-state index < -0.39 is 0 Å². The molecule has 1 aliphatic heterocycles. The maximum atomic E-state index is 11.6. The van der Waals surface area contributed by atoms with Crippen molar-refractivity contribution in [1.82, 2.24) is 10.6 Å². The molecule has 92 valence electrons. The van der Waals surface area contributed by atoms with Gasteiger partial charge in [-0.2, -0.15) is 0 Å². The highest BCUT2D eigenvalue weighted by Crippen LogP contribution is 2.17. The molecule has 0 radical (unpaired) electrons. The lowest BCUT2D eigenvalue weighted by atomic mass is 10.2. The third kappa shape index (κ3) is 4.40. The van der Waals surface area contributed by atoms with E-state index in [2.05, 4.69) is 22.8 Å². The highest BCUT2D eigenvalue weighted by Gasteiger charge is 2.15. The monoisotopic (exact) mass is 250 g/mol. The summed E-state index contributed by atoms with van der Waals surface area (Å²) < 4.78 is 0. The fraction of sp³-hybridized carbons (Fsp3) is 0.462. The van der Waals surface area contributed by atoms with Crippen molar-refractivity contribution >= 4 is 17.7 Å². The number of rotatable bonds is 5. The Morgan fingerprint density at radius 2 is 2.24 bits per heavy atom. The van der Waals surface area contributed by atoms with Crippen LogP contribution in [-0.4, -0.2) is 30.8 Å². The first-order chi connectivity index (χ1) is 8.34. The Hall–Kier alpha value is -1.00. The number of nitrogens with one attached hydrogen (secondary N) is 2. The third-order valence-electron chi connectivity index (χ3n) is 2.77. The summed E-state index contributed by atoms with van der Waals surface area (Å²) >= 11 is 1.73. The largest absolute Gasteiger partial charge is 0.352 e. The second-order valence-electron chi connectivity index (χ2n) is 4.17. The SMILES string of the molecule is O=C(CCSc1ccccc1)NC1CCNC1. The van der Waals surface area contributed by atoms with Crippen molar-refractivity contribution in [2.24, 2.45) is 0 Å². The van der Waals surface area contributed by atoms with Crippen LogP contribution in [0.1, 0.15) is 12.8 Å². The number of hydrogen-bond acceptors (Lipinski definition) is 3. The van der Waals surface area contributed by atoms with E-state index in [4.69, 9.17) is 0 Å². The van der Waals surface area contributed by atoms with Crippen molar-refractivity contribution < 1.29 is 4.79 Å². The fourth-order valence-corrected chi connectivity index (χ4v) is 2.73. The highest BCUT2D eigenvalue weighted by atomic mass is 32.2. The lowest BCUT2D eigenvalue weighted by Crippen LogP contribution is -2.36. The molecular formula is C13H18N2OS.